The first kappa shape index (κ1) is 10.3. The van der Waals surface area contributed by atoms with Gasteiger partial charge in [-0.05, 0) is 24.8 Å². The Hall–Kier alpha value is -1.84. The minimum absolute atomic E-state index is 0.269. The van der Waals surface area contributed by atoms with E-state index in [1.54, 1.807) is 18.2 Å². The molecule has 0 amide bonds. The van der Waals surface area contributed by atoms with Crippen molar-refractivity contribution in [2.45, 2.75) is 19.3 Å². The van der Waals surface area contributed by atoms with Crippen LogP contribution in [0.15, 0.2) is 28.8 Å². The molecule has 1 heterocycles. The lowest BCUT2D eigenvalue weighted by molar-refractivity contribution is 0.381. The first-order valence-electron chi connectivity index (χ1n) is 5.74. The molecule has 1 aliphatic rings. The van der Waals surface area contributed by atoms with Gasteiger partial charge in [0.15, 0.2) is 5.82 Å². The molecule has 17 heavy (non-hydrogen) atoms. The summed E-state index contributed by atoms with van der Waals surface area (Å²) < 4.78 is 19.0. The summed E-state index contributed by atoms with van der Waals surface area (Å²) >= 11 is 0. The van der Waals surface area contributed by atoms with E-state index in [1.165, 1.54) is 18.9 Å². The molecule has 3 rings (SSSR count). The highest BCUT2D eigenvalue weighted by Crippen LogP contribution is 2.38. The Morgan fingerprint density at radius 2 is 2.12 bits per heavy atom. The van der Waals surface area contributed by atoms with Crippen molar-refractivity contribution in [1.29, 1.82) is 0 Å². The summed E-state index contributed by atoms with van der Waals surface area (Å²) in [5.74, 6) is 1.33. The van der Waals surface area contributed by atoms with Crippen LogP contribution < -0.4 is 5.73 Å². The summed E-state index contributed by atoms with van der Waals surface area (Å²) in [6.07, 6.45) is 3.21. The van der Waals surface area contributed by atoms with Crippen molar-refractivity contribution in [3.63, 3.8) is 0 Å². The van der Waals surface area contributed by atoms with Crippen LogP contribution in [0, 0.1) is 11.7 Å². The lowest BCUT2D eigenvalue weighted by Gasteiger charge is -2.03. The summed E-state index contributed by atoms with van der Waals surface area (Å²) in [4.78, 5) is 0. The maximum Gasteiger partial charge on any atom is 0.175 e. The Morgan fingerprint density at radius 1 is 1.35 bits per heavy atom. The van der Waals surface area contributed by atoms with Gasteiger partial charge in [-0.1, -0.05) is 23.4 Å². The van der Waals surface area contributed by atoms with E-state index in [-0.39, 0.29) is 11.6 Å². The van der Waals surface area contributed by atoms with Gasteiger partial charge in [0.2, 0.25) is 0 Å². The maximum absolute atomic E-state index is 13.7. The van der Waals surface area contributed by atoms with Gasteiger partial charge in [-0.3, -0.25) is 0 Å². The molecule has 1 fully saturated rings. The Kier molecular flexibility index (Phi) is 2.35. The van der Waals surface area contributed by atoms with Crippen LogP contribution in [0.25, 0.3) is 11.1 Å². The van der Waals surface area contributed by atoms with E-state index < -0.39 is 0 Å². The third-order valence-electron chi connectivity index (χ3n) is 3.10. The number of nitrogens with zero attached hydrogens (tertiary/aromatic N) is 1. The zero-order chi connectivity index (χ0) is 11.8. The molecular formula is C13H13FN2O. The summed E-state index contributed by atoms with van der Waals surface area (Å²) in [6, 6.07) is 6.56. The van der Waals surface area contributed by atoms with E-state index in [0.717, 1.165) is 6.42 Å². The van der Waals surface area contributed by atoms with Crippen LogP contribution in [0.5, 0.6) is 0 Å². The fraction of sp³-hybridized carbons (Fsp3) is 0.308. The molecule has 1 aromatic heterocycles. The predicted octanol–water partition coefficient (Wildman–Crippen LogP) is 3.02. The van der Waals surface area contributed by atoms with Gasteiger partial charge in [-0.2, -0.15) is 0 Å². The number of aromatic nitrogens is 1. The third-order valence-corrected chi connectivity index (χ3v) is 3.10. The standard InChI is InChI=1S/C13H13FN2O/c14-10-4-2-1-3-9(10)12-11(7-8-5-6-8)17-16-13(12)15/h1-4,8H,5-7H2,(H2,15,16). The van der Waals surface area contributed by atoms with Crippen LogP contribution in [-0.2, 0) is 6.42 Å². The predicted molar refractivity (Wildman–Crippen MR) is 62.7 cm³/mol. The molecule has 0 bridgehead atoms. The van der Waals surface area contributed by atoms with E-state index in [2.05, 4.69) is 5.16 Å². The number of halogens is 1. The van der Waals surface area contributed by atoms with Crippen LogP contribution in [0.4, 0.5) is 10.2 Å². The Bertz CT molecular complexity index is 546. The molecule has 1 aromatic carbocycles. The first-order valence-corrected chi connectivity index (χ1v) is 5.74. The topological polar surface area (TPSA) is 52.0 Å². The number of nitrogens with two attached hydrogens (primary N) is 1. The van der Waals surface area contributed by atoms with Crippen molar-refractivity contribution in [2.24, 2.45) is 5.92 Å². The van der Waals surface area contributed by atoms with Gasteiger partial charge in [0.05, 0.1) is 5.56 Å². The average molecular weight is 232 g/mol. The number of benzene rings is 1. The highest BCUT2D eigenvalue weighted by Gasteiger charge is 2.27. The second-order valence-corrected chi connectivity index (χ2v) is 4.49. The smallest absolute Gasteiger partial charge is 0.175 e. The van der Waals surface area contributed by atoms with Gasteiger partial charge >= 0.3 is 0 Å². The Labute approximate surface area is 98.4 Å². The Morgan fingerprint density at radius 3 is 2.82 bits per heavy atom. The molecule has 1 aliphatic carbocycles. The van der Waals surface area contributed by atoms with Crippen molar-refractivity contribution < 1.29 is 8.91 Å². The average Bonchev–Trinajstić information content (AvgIpc) is 3.05. The van der Waals surface area contributed by atoms with Crippen LogP contribution in [-0.4, -0.2) is 5.16 Å². The zero-order valence-corrected chi connectivity index (χ0v) is 9.32. The molecule has 0 unspecified atom stereocenters. The largest absolute Gasteiger partial charge is 0.380 e. The minimum atomic E-state index is -0.292. The molecule has 3 nitrogen and oxygen atoms in total. The molecule has 0 saturated heterocycles. The lowest BCUT2D eigenvalue weighted by atomic mass is 10.0. The van der Waals surface area contributed by atoms with Crippen LogP contribution >= 0.6 is 0 Å². The summed E-state index contributed by atoms with van der Waals surface area (Å²) in [5, 5.41) is 3.75. The van der Waals surface area contributed by atoms with E-state index in [1.807, 2.05) is 0 Å². The minimum Gasteiger partial charge on any atom is -0.380 e. The number of anilines is 1. The van der Waals surface area contributed by atoms with Gasteiger partial charge in [0.25, 0.3) is 0 Å². The molecule has 1 saturated carbocycles. The fourth-order valence-corrected chi connectivity index (χ4v) is 2.01. The Balaban J connectivity index is 2.06. The van der Waals surface area contributed by atoms with Crippen molar-refractivity contribution >= 4 is 5.82 Å². The van der Waals surface area contributed by atoms with E-state index >= 15 is 0 Å². The summed E-state index contributed by atoms with van der Waals surface area (Å²) in [6.45, 7) is 0. The highest BCUT2D eigenvalue weighted by molar-refractivity contribution is 5.75. The summed E-state index contributed by atoms with van der Waals surface area (Å²) in [7, 11) is 0. The molecule has 0 spiro atoms. The molecule has 88 valence electrons. The van der Waals surface area contributed by atoms with Gasteiger partial charge in [0, 0.05) is 12.0 Å². The third kappa shape index (κ3) is 1.90. The van der Waals surface area contributed by atoms with Crippen molar-refractivity contribution in [3.05, 3.63) is 35.8 Å². The molecule has 4 heteroatoms. The van der Waals surface area contributed by atoms with Crippen molar-refractivity contribution in [1.82, 2.24) is 5.16 Å². The van der Waals surface area contributed by atoms with Crippen molar-refractivity contribution in [3.8, 4) is 11.1 Å². The van der Waals surface area contributed by atoms with Gasteiger partial charge < -0.3 is 10.3 Å². The van der Waals surface area contributed by atoms with Crippen molar-refractivity contribution in [2.75, 3.05) is 5.73 Å². The van der Waals surface area contributed by atoms with E-state index in [0.29, 0.717) is 22.8 Å². The fourth-order valence-electron chi connectivity index (χ4n) is 2.01. The molecule has 0 aliphatic heterocycles. The van der Waals surface area contributed by atoms with Gasteiger partial charge in [-0.15, -0.1) is 0 Å². The molecule has 0 atom stereocenters. The number of hydrogen-bond donors (Lipinski definition) is 1. The molecule has 0 radical (unpaired) electrons. The van der Waals surface area contributed by atoms with E-state index in [4.69, 9.17) is 10.3 Å². The van der Waals surface area contributed by atoms with Crippen LogP contribution in [0.2, 0.25) is 0 Å². The number of rotatable bonds is 3. The maximum atomic E-state index is 13.7. The van der Waals surface area contributed by atoms with Crippen LogP contribution in [0.3, 0.4) is 0 Å². The lowest BCUT2D eigenvalue weighted by Crippen LogP contribution is -1.94. The molecular weight excluding hydrogens is 219 g/mol. The second-order valence-electron chi connectivity index (χ2n) is 4.49. The van der Waals surface area contributed by atoms with E-state index in [9.17, 15) is 4.39 Å². The number of hydrogen-bond acceptors (Lipinski definition) is 3. The van der Waals surface area contributed by atoms with Gasteiger partial charge in [0.1, 0.15) is 11.6 Å². The summed E-state index contributed by atoms with van der Waals surface area (Å²) in [5.41, 5.74) is 6.86. The molecule has 2 aromatic rings. The molecule has 2 N–H and O–H groups in total. The number of nitrogen functional groups attached to an aromatic ring is 1. The SMILES string of the molecule is Nc1noc(CC2CC2)c1-c1ccccc1F. The van der Waals surface area contributed by atoms with Gasteiger partial charge in [-0.25, -0.2) is 4.39 Å². The highest BCUT2D eigenvalue weighted by atomic mass is 19.1. The quantitative estimate of drug-likeness (QED) is 0.884. The van der Waals surface area contributed by atoms with Crippen LogP contribution in [0.1, 0.15) is 18.6 Å². The zero-order valence-electron chi connectivity index (χ0n) is 9.32. The normalized spacial score (nSPS) is 15.1. The first-order chi connectivity index (χ1) is 8.25. The monoisotopic (exact) mass is 232 g/mol. The second kappa shape index (κ2) is 3.87.